The molecule has 31 heteroatoms. The molecule has 0 bridgehead atoms. The van der Waals surface area contributed by atoms with Gasteiger partial charge < -0.3 is 29.1 Å². The van der Waals surface area contributed by atoms with Crippen LogP contribution < -0.4 is 272 Å². The van der Waals surface area contributed by atoms with Crippen molar-refractivity contribution in [1.29, 1.82) is 0 Å². The van der Waals surface area contributed by atoms with Gasteiger partial charge in [0, 0.05) is 73.8 Å². The fourth-order valence-electron chi connectivity index (χ4n) is 8.76. The second kappa shape index (κ2) is 31.3. The number of hydrogen-bond donors (Lipinski definition) is 1. The Bertz CT molecular complexity index is 3320. The Morgan fingerprint density at radius 3 is 1.95 bits per heavy atom. The van der Waals surface area contributed by atoms with Crippen molar-refractivity contribution >= 4 is 103 Å². The van der Waals surface area contributed by atoms with Crippen molar-refractivity contribution in [2.45, 2.75) is 77.9 Å². The number of fused-ring (bicyclic) bond motifs is 6. The maximum Gasteiger partial charge on any atom is 1.00 e. The second-order valence-corrected chi connectivity index (χ2v) is 24.0. The third-order valence-electron chi connectivity index (χ3n) is 11.4. The van der Waals surface area contributed by atoms with Gasteiger partial charge in [-0.1, -0.05) is 49.8 Å². The van der Waals surface area contributed by atoms with Crippen molar-refractivity contribution in [2.75, 3.05) is 29.5 Å². The van der Waals surface area contributed by atoms with E-state index in [1.807, 2.05) is 18.7 Å². The van der Waals surface area contributed by atoms with Crippen LogP contribution in [0, 0.1) is 0 Å². The molecule has 0 saturated carbocycles. The van der Waals surface area contributed by atoms with Crippen molar-refractivity contribution in [2.24, 2.45) is 0 Å². The Balaban J connectivity index is 0.00000533. The van der Waals surface area contributed by atoms with E-state index in [9.17, 15) is 62.4 Å². The van der Waals surface area contributed by atoms with E-state index in [2.05, 4.69) is 18.7 Å². The predicted octanol–water partition coefficient (Wildman–Crippen LogP) is -10.4. The number of nitrogens with zero attached hydrogens (tertiary/aromatic N) is 2. The molecule has 0 unspecified atom stereocenters. The molecule has 0 aromatic heterocycles. The quantitative estimate of drug-likeness (QED) is 0.0163. The van der Waals surface area contributed by atoms with Gasteiger partial charge in [0.15, 0.2) is 5.71 Å². The SMILES string of the molecule is CC(/C=C/C=C1/N(CCCS(=O)(=O)[O-])c2ccc3cc(S(=O)(=O)[O-])cc(SOO[O-])c3c2C1(C)C)=C\C=C\C1=[N+](CCCS(=O)(=O)O)c2ccc3cc(SOO[O-])cc(S(=O)(=O)[O-])c3c2C1(C)C.[K+].[K+].[K+].[K+].[K+]. The van der Waals surface area contributed by atoms with Crippen LogP contribution in [-0.2, 0) is 70.0 Å². The van der Waals surface area contributed by atoms with Gasteiger partial charge >= 0.3 is 257 Å². The molecular formula is C42H42K5N2O18S6+. The molecule has 73 heavy (non-hydrogen) atoms. The maximum atomic E-state index is 12.8. The second-order valence-electron chi connectivity index (χ2n) is 16.7. The zero-order valence-electron chi connectivity index (χ0n) is 41.6. The first kappa shape index (κ1) is 75.1. The molecule has 0 atom stereocenters. The Hall–Kier alpha value is 4.11. The number of anilines is 1. The monoisotopic (exact) mass is 1250 g/mol. The average molecular weight is 1250 g/mol. The molecular weight excluding hydrogens is 1210 g/mol. The van der Waals surface area contributed by atoms with Gasteiger partial charge in [-0.05, 0) is 86.0 Å². The fourth-order valence-corrected chi connectivity index (χ4v) is 12.2. The first-order valence-electron chi connectivity index (χ1n) is 20.1. The molecule has 20 nitrogen and oxygen atoms in total. The zero-order valence-corrected chi connectivity index (χ0v) is 62.1. The minimum absolute atomic E-state index is 0. The van der Waals surface area contributed by atoms with Gasteiger partial charge in [0.2, 0.25) is 5.69 Å². The molecule has 0 radical (unpaired) electrons. The normalized spacial score (nSPS) is 16.0. The minimum Gasteiger partial charge on any atom is -0.748 e. The van der Waals surface area contributed by atoms with Gasteiger partial charge in [0.25, 0.3) is 10.1 Å². The number of rotatable bonds is 20. The first-order chi connectivity index (χ1) is 31.6. The van der Waals surface area contributed by atoms with Crippen LogP contribution >= 0.6 is 24.1 Å². The van der Waals surface area contributed by atoms with Crippen LogP contribution in [0.15, 0.2) is 116 Å². The first-order valence-corrected chi connectivity index (χ1v) is 27.5. The average Bonchev–Trinajstić information content (AvgIpc) is 3.57. The molecule has 0 saturated heterocycles. The number of benzene rings is 4. The summed E-state index contributed by atoms with van der Waals surface area (Å²) in [6.07, 6.45) is 10.4. The van der Waals surface area contributed by atoms with E-state index >= 15 is 0 Å². The van der Waals surface area contributed by atoms with Crippen LogP contribution in [0.1, 0.15) is 58.6 Å². The van der Waals surface area contributed by atoms with Crippen LogP contribution in [0.5, 0.6) is 0 Å². The van der Waals surface area contributed by atoms with Crippen LogP contribution in [0.4, 0.5) is 11.4 Å². The van der Waals surface area contributed by atoms with Crippen LogP contribution in [0.2, 0.25) is 0 Å². The molecule has 0 fully saturated rings. The number of hydrogen-bond acceptors (Lipinski definition) is 20. The summed E-state index contributed by atoms with van der Waals surface area (Å²) < 4.78 is 153. The molecule has 1 N–H and O–H groups in total. The summed E-state index contributed by atoms with van der Waals surface area (Å²) in [5.41, 5.74) is 2.06. The smallest absolute Gasteiger partial charge is 0.748 e. The van der Waals surface area contributed by atoms with Crippen molar-refractivity contribution in [3.8, 4) is 0 Å². The van der Waals surface area contributed by atoms with Gasteiger partial charge in [0.1, 0.15) is 26.8 Å². The minimum atomic E-state index is -5.13. The standard InChI is InChI=1S/C42H46N2O18S6.5K/c1-26(10-6-12-35-41(2,3)39-31(43(35)18-8-20-65(47,48)49)17-15-28-23-30(67(53,54)55)25-33(37(28)39)64-62-60-46)11-7-13-36-42(4,5)40-32(44(36)19-9-21-66(50,51)52)16-14-27-22-29(63-61-59-45)24-34(38(27)40)68(56,57)58;;;;;/h6-7,10-17,22-25H,8-9,18-21H2,1-5H3,(H5-,45,46,47,48,49,50,51,52,53,54,55,56,57,58);;;;;/q;5*+1/p-4. The van der Waals surface area contributed by atoms with E-state index in [1.54, 1.807) is 86.1 Å². The zero-order chi connectivity index (χ0) is 50.2. The van der Waals surface area contributed by atoms with Gasteiger partial charge in [-0.25, -0.2) is 25.3 Å². The Morgan fingerprint density at radius 1 is 0.740 bits per heavy atom. The van der Waals surface area contributed by atoms with Crippen LogP contribution in [0.25, 0.3) is 21.5 Å². The molecule has 2 aliphatic heterocycles. The van der Waals surface area contributed by atoms with E-state index in [0.717, 1.165) is 12.1 Å². The van der Waals surface area contributed by atoms with Crippen molar-refractivity contribution < 1.29 is 343 Å². The van der Waals surface area contributed by atoms with E-state index < -0.39 is 72.6 Å². The number of allylic oxidation sites excluding steroid dienone is 8. The molecule has 4 aromatic rings. The summed E-state index contributed by atoms with van der Waals surface area (Å²) in [6.45, 7) is 9.23. The molecule has 0 aliphatic carbocycles. The molecule has 2 aliphatic rings. The third kappa shape index (κ3) is 19.1. The van der Waals surface area contributed by atoms with E-state index in [4.69, 9.17) is 0 Å². The summed E-state index contributed by atoms with van der Waals surface area (Å²) in [5.74, 6) is -1.23. The van der Waals surface area contributed by atoms with E-state index in [-0.39, 0.29) is 298 Å². The van der Waals surface area contributed by atoms with Gasteiger partial charge in [-0.3, -0.25) is 14.6 Å². The van der Waals surface area contributed by atoms with Gasteiger partial charge in [-0.2, -0.15) is 21.7 Å². The van der Waals surface area contributed by atoms with Crippen molar-refractivity contribution in [3.63, 3.8) is 0 Å². The summed E-state index contributed by atoms with van der Waals surface area (Å²) in [7, 11) is -19.0. The topological polar surface area (TPSA) is 315 Å². The summed E-state index contributed by atoms with van der Waals surface area (Å²) in [4.78, 5) is 0.809. The van der Waals surface area contributed by atoms with E-state index in [1.165, 1.54) is 12.1 Å². The summed E-state index contributed by atoms with van der Waals surface area (Å²) in [6, 6.07) is 11.3. The van der Waals surface area contributed by atoms with E-state index in [0.29, 0.717) is 79.7 Å². The molecule has 0 amide bonds. The van der Waals surface area contributed by atoms with Crippen molar-refractivity contribution in [1.82, 2.24) is 0 Å². The summed E-state index contributed by atoms with van der Waals surface area (Å²) >= 11 is 0.805. The molecule has 4 aromatic carbocycles. The molecule has 0 spiro atoms. The Labute approximate surface area is 646 Å². The predicted molar refractivity (Wildman–Crippen MR) is 243 cm³/mol. The largest absolute Gasteiger partial charge is 1.00 e. The van der Waals surface area contributed by atoms with Gasteiger partial charge in [0.05, 0.1) is 55.2 Å². The maximum absolute atomic E-state index is 12.8. The van der Waals surface area contributed by atoms with Gasteiger partial charge in [-0.15, -0.1) is 0 Å². The Morgan fingerprint density at radius 2 is 1.36 bits per heavy atom. The molecule has 6 rings (SSSR count). The summed E-state index contributed by atoms with van der Waals surface area (Å²) in [5, 5.41) is 29.5. The van der Waals surface area contributed by atoms with Crippen LogP contribution in [-0.4, -0.2) is 86.8 Å². The Kier molecular flexibility index (Phi) is 32.2. The van der Waals surface area contributed by atoms with Crippen LogP contribution in [0.3, 0.4) is 0 Å². The van der Waals surface area contributed by atoms with Crippen molar-refractivity contribution in [3.05, 3.63) is 107 Å². The molecule has 2 heterocycles. The third-order valence-corrected chi connectivity index (χ3v) is 15.9. The fraction of sp³-hybridized carbons (Fsp3) is 0.310. The molecule has 368 valence electrons.